The van der Waals surface area contributed by atoms with Crippen LogP contribution in [0.5, 0.6) is 0 Å². The lowest BCUT2D eigenvalue weighted by atomic mass is 9.74. The molecule has 0 saturated heterocycles. The summed E-state index contributed by atoms with van der Waals surface area (Å²) in [6.45, 7) is 5.78. The Morgan fingerprint density at radius 3 is 2.50 bits per heavy atom. The van der Waals surface area contributed by atoms with Crippen LogP contribution >= 0.6 is 11.6 Å². The zero-order valence-electron chi connectivity index (χ0n) is 12.6. The van der Waals surface area contributed by atoms with Crippen molar-refractivity contribution in [3.05, 3.63) is 34.9 Å². The highest BCUT2D eigenvalue weighted by atomic mass is 35.5. The molecule has 0 aliphatic heterocycles. The van der Waals surface area contributed by atoms with Gasteiger partial charge in [0.05, 0.1) is 12.2 Å². The van der Waals surface area contributed by atoms with Gasteiger partial charge >= 0.3 is 0 Å². The van der Waals surface area contributed by atoms with Gasteiger partial charge in [0.1, 0.15) is 0 Å². The molecule has 0 atom stereocenters. The van der Waals surface area contributed by atoms with Crippen LogP contribution in [0.1, 0.15) is 45.1 Å². The quantitative estimate of drug-likeness (QED) is 0.874. The van der Waals surface area contributed by atoms with Gasteiger partial charge < -0.3 is 10.5 Å². The number of nitrogens with two attached hydrogens (primary N) is 1. The van der Waals surface area contributed by atoms with Crippen LogP contribution in [0, 0.1) is 11.8 Å². The minimum atomic E-state index is -0.148. The van der Waals surface area contributed by atoms with Crippen molar-refractivity contribution < 1.29 is 4.74 Å². The summed E-state index contributed by atoms with van der Waals surface area (Å²) in [6.07, 6.45) is 4.57. The number of rotatable bonds is 5. The Morgan fingerprint density at radius 1 is 1.30 bits per heavy atom. The maximum atomic E-state index is 6.21. The molecule has 1 saturated carbocycles. The van der Waals surface area contributed by atoms with Crippen LogP contribution in [-0.2, 0) is 11.3 Å². The van der Waals surface area contributed by atoms with E-state index in [2.05, 4.69) is 13.8 Å². The van der Waals surface area contributed by atoms with E-state index >= 15 is 0 Å². The van der Waals surface area contributed by atoms with Gasteiger partial charge in [0.25, 0.3) is 0 Å². The standard InChI is InChI=1S/C17H26ClNO/c1-13(2)14-7-9-17(12-19,10-8-14)20-11-15-5-3-4-6-16(15)18/h3-6,13-14H,7-12,19H2,1-2H3. The van der Waals surface area contributed by atoms with Crippen LogP contribution in [0.2, 0.25) is 5.02 Å². The van der Waals surface area contributed by atoms with Crippen LogP contribution in [0.4, 0.5) is 0 Å². The highest BCUT2D eigenvalue weighted by molar-refractivity contribution is 6.31. The number of benzene rings is 1. The number of ether oxygens (including phenoxy) is 1. The van der Waals surface area contributed by atoms with E-state index < -0.39 is 0 Å². The van der Waals surface area contributed by atoms with E-state index in [0.29, 0.717) is 13.2 Å². The van der Waals surface area contributed by atoms with E-state index in [1.165, 1.54) is 12.8 Å². The monoisotopic (exact) mass is 295 g/mol. The molecular weight excluding hydrogens is 270 g/mol. The molecular formula is C17H26ClNO. The van der Waals surface area contributed by atoms with E-state index in [9.17, 15) is 0 Å². The molecule has 1 aromatic rings. The summed E-state index contributed by atoms with van der Waals surface area (Å²) in [6, 6.07) is 7.87. The number of hydrogen-bond acceptors (Lipinski definition) is 2. The summed E-state index contributed by atoms with van der Waals surface area (Å²) < 4.78 is 6.21. The second-order valence-electron chi connectivity index (χ2n) is 6.35. The first-order chi connectivity index (χ1) is 9.56. The zero-order valence-corrected chi connectivity index (χ0v) is 13.3. The highest BCUT2D eigenvalue weighted by Gasteiger charge is 2.35. The molecule has 1 aliphatic rings. The second-order valence-corrected chi connectivity index (χ2v) is 6.76. The van der Waals surface area contributed by atoms with Crippen molar-refractivity contribution in [3.63, 3.8) is 0 Å². The first-order valence-corrected chi connectivity index (χ1v) is 8.01. The van der Waals surface area contributed by atoms with Crippen molar-refractivity contribution in [1.82, 2.24) is 0 Å². The Labute approximate surface area is 127 Å². The van der Waals surface area contributed by atoms with Gasteiger partial charge in [0.15, 0.2) is 0 Å². The first kappa shape index (κ1) is 15.8. The molecule has 2 nitrogen and oxygen atoms in total. The molecule has 2 rings (SSSR count). The van der Waals surface area contributed by atoms with Gasteiger partial charge in [-0.15, -0.1) is 0 Å². The summed E-state index contributed by atoms with van der Waals surface area (Å²) in [5, 5.41) is 0.774. The van der Waals surface area contributed by atoms with Gasteiger partial charge in [-0.1, -0.05) is 43.6 Å². The molecule has 20 heavy (non-hydrogen) atoms. The lowest BCUT2D eigenvalue weighted by Crippen LogP contribution is -2.44. The first-order valence-electron chi connectivity index (χ1n) is 7.64. The molecule has 0 amide bonds. The van der Waals surface area contributed by atoms with Gasteiger partial charge in [-0.05, 0) is 49.1 Å². The van der Waals surface area contributed by atoms with Crippen molar-refractivity contribution >= 4 is 11.6 Å². The molecule has 0 radical (unpaired) electrons. The second kappa shape index (κ2) is 6.93. The maximum absolute atomic E-state index is 6.21. The summed E-state index contributed by atoms with van der Waals surface area (Å²) in [4.78, 5) is 0. The van der Waals surface area contributed by atoms with Crippen LogP contribution in [0.3, 0.4) is 0 Å². The molecule has 1 aliphatic carbocycles. The fourth-order valence-corrected chi connectivity index (χ4v) is 3.28. The van der Waals surface area contributed by atoms with Gasteiger partial charge in [0, 0.05) is 11.6 Å². The third kappa shape index (κ3) is 3.75. The predicted molar refractivity (Wildman–Crippen MR) is 84.8 cm³/mol. The summed E-state index contributed by atoms with van der Waals surface area (Å²) >= 11 is 6.18. The Morgan fingerprint density at radius 2 is 1.95 bits per heavy atom. The molecule has 112 valence electrons. The van der Waals surface area contributed by atoms with Gasteiger partial charge in [-0.25, -0.2) is 0 Å². The topological polar surface area (TPSA) is 35.2 Å². The molecule has 0 spiro atoms. The fourth-order valence-electron chi connectivity index (χ4n) is 3.09. The normalized spacial score (nSPS) is 26.9. The number of halogens is 1. The van der Waals surface area contributed by atoms with Crippen molar-refractivity contribution in [2.45, 2.75) is 51.7 Å². The summed E-state index contributed by atoms with van der Waals surface area (Å²) in [5.41, 5.74) is 6.90. The van der Waals surface area contributed by atoms with Crippen molar-refractivity contribution in [2.75, 3.05) is 6.54 Å². The van der Waals surface area contributed by atoms with Gasteiger partial charge in [-0.2, -0.15) is 0 Å². The van der Waals surface area contributed by atoms with E-state index in [1.54, 1.807) is 0 Å². The highest BCUT2D eigenvalue weighted by Crippen LogP contribution is 2.38. The summed E-state index contributed by atoms with van der Waals surface area (Å²) in [5.74, 6) is 1.58. The predicted octanol–water partition coefficient (Wildman–Crippen LogP) is 4.40. The van der Waals surface area contributed by atoms with Crippen molar-refractivity contribution in [3.8, 4) is 0 Å². The zero-order chi connectivity index (χ0) is 14.6. The molecule has 0 bridgehead atoms. The van der Waals surface area contributed by atoms with Crippen LogP contribution in [0.15, 0.2) is 24.3 Å². The number of hydrogen-bond donors (Lipinski definition) is 1. The molecule has 1 aromatic carbocycles. The van der Waals surface area contributed by atoms with E-state index in [1.807, 2.05) is 24.3 Å². The largest absolute Gasteiger partial charge is 0.369 e. The maximum Gasteiger partial charge on any atom is 0.0808 e. The third-order valence-electron chi connectivity index (χ3n) is 4.75. The van der Waals surface area contributed by atoms with Crippen LogP contribution < -0.4 is 5.73 Å². The smallest absolute Gasteiger partial charge is 0.0808 e. The molecule has 2 N–H and O–H groups in total. The Hall–Kier alpha value is -0.570. The Balaban J connectivity index is 1.95. The lowest BCUT2D eigenvalue weighted by Gasteiger charge is -2.40. The average Bonchev–Trinajstić information content (AvgIpc) is 2.47. The Bertz CT molecular complexity index is 425. The van der Waals surface area contributed by atoms with Gasteiger partial charge in [0.2, 0.25) is 0 Å². The van der Waals surface area contributed by atoms with Crippen LogP contribution in [0.25, 0.3) is 0 Å². The molecule has 3 heteroatoms. The average molecular weight is 296 g/mol. The molecule has 1 fully saturated rings. The summed E-state index contributed by atoms with van der Waals surface area (Å²) in [7, 11) is 0. The third-order valence-corrected chi connectivity index (χ3v) is 5.12. The minimum absolute atomic E-state index is 0.148. The lowest BCUT2D eigenvalue weighted by molar-refractivity contribution is -0.0840. The van der Waals surface area contributed by atoms with E-state index in [4.69, 9.17) is 22.1 Å². The van der Waals surface area contributed by atoms with Crippen molar-refractivity contribution in [2.24, 2.45) is 17.6 Å². The minimum Gasteiger partial charge on any atom is -0.369 e. The van der Waals surface area contributed by atoms with E-state index in [0.717, 1.165) is 35.3 Å². The molecule has 0 aromatic heterocycles. The fraction of sp³-hybridized carbons (Fsp3) is 0.647. The van der Waals surface area contributed by atoms with Crippen molar-refractivity contribution in [1.29, 1.82) is 0 Å². The SMILES string of the molecule is CC(C)C1CCC(CN)(OCc2ccccc2Cl)CC1. The molecule has 0 unspecified atom stereocenters. The van der Waals surface area contributed by atoms with Gasteiger partial charge in [-0.3, -0.25) is 0 Å². The van der Waals surface area contributed by atoms with E-state index in [-0.39, 0.29) is 5.60 Å². The molecule has 0 heterocycles. The Kier molecular flexibility index (Phi) is 5.48. The van der Waals surface area contributed by atoms with Crippen LogP contribution in [-0.4, -0.2) is 12.1 Å².